The van der Waals surface area contributed by atoms with Crippen molar-refractivity contribution in [1.29, 1.82) is 0 Å². The van der Waals surface area contributed by atoms with Crippen LogP contribution in [0.5, 0.6) is 11.5 Å². The average molecular weight is 438 g/mol. The summed E-state index contributed by atoms with van der Waals surface area (Å²) in [5.41, 5.74) is 1.33. The highest BCUT2D eigenvalue weighted by Crippen LogP contribution is 2.16. The van der Waals surface area contributed by atoms with Gasteiger partial charge in [0.1, 0.15) is 11.5 Å². The molecule has 166 valence electrons. The summed E-state index contributed by atoms with van der Waals surface area (Å²) in [5.74, 6) is -2.26. The van der Waals surface area contributed by atoms with Gasteiger partial charge in [-0.3, -0.25) is 9.59 Å². The first kappa shape index (κ1) is 24.1. The molecule has 0 aliphatic rings. The molecule has 0 aliphatic heterocycles. The molecule has 8 heteroatoms. The van der Waals surface area contributed by atoms with Crippen molar-refractivity contribution >= 4 is 36.0 Å². The summed E-state index contributed by atoms with van der Waals surface area (Å²) in [6.07, 6.45) is 6.06. The molecule has 0 aromatic heterocycles. The van der Waals surface area contributed by atoms with E-state index in [0.717, 1.165) is 12.2 Å². The number of unbranched alkanes of at least 4 members (excludes halogenated alkanes) is 1. The molecule has 0 aliphatic carbocycles. The SMILES string of the molecule is O=C(O)C=Cc1ccc(OC(=O)CCCCC(=O)Oc2ccc(C=CC(=O)O)cc2)cc1. The zero-order valence-electron chi connectivity index (χ0n) is 17.1. The van der Waals surface area contributed by atoms with Gasteiger partial charge in [0.15, 0.2) is 0 Å². The third-order valence-corrected chi connectivity index (χ3v) is 4.07. The van der Waals surface area contributed by atoms with Crippen molar-refractivity contribution in [2.24, 2.45) is 0 Å². The summed E-state index contributed by atoms with van der Waals surface area (Å²) in [5, 5.41) is 17.2. The Morgan fingerprint density at radius 2 is 0.969 bits per heavy atom. The molecule has 8 nitrogen and oxygen atoms in total. The molecule has 0 atom stereocenters. The van der Waals surface area contributed by atoms with E-state index in [1.807, 2.05) is 0 Å². The van der Waals surface area contributed by atoms with Crippen LogP contribution in [0.1, 0.15) is 36.8 Å². The van der Waals surface area contributed by atoms with Gasteiger partial charge < -0.3 is 19.7 Å². The van der Waals surface area contributed by atoms with Crippen LogP contribution in [0.4, 0.5) is 0 Å². The molecule has 0 saturated carbocycles. The molecule has 2 N–H and O–H groups in total. The van der Waals surface area contributed by atoms with Crippen LogP contribution in [0, 0.1) is 0 Å². The van der Waals surface area contributed by atoms with Crippen LogP contribution < -0.4 is 9.47 Å². The number of carboxylic acids is 2. The second-order valence-electron chi connectivity index (χ2n) is 6.64. The largest absolute Gasteiger partial charge is 0.478 e. The van der Waals surface area contributed by atoms with Crippen molar-refractivity contribution in [3.05, 3.63) is 71.8 Å². The second kappa shape index (κ2) is 12.5. The summed E-state index contributed by atoms with van der Waals surface area (Å²) < 4.78 is 10.4. The Balaban J connectivity index is 1.67. The van der Waals surface area contributed by atoms with Crippen molar-refractivity contribution in [1.82, 2.24) is 0 Å². The fourth-order valence-corrected chi connectivity index (χ4v) is 2.53. The predicted molar refractivity (Wildman–Crippen MR) is 116 cm³/mol. The van der Waals surface area contributed by atoms with Crippen molar-refractivity contribution < 1.29 is 38.9 Å². The standard InChI is InChI=1S/C24H22O8/c25-21(26)15-9-17-5-11-19(12-6-17)31-23(29)3-1-2-4-24(30)32-20-13-7-18(8-14-20)10-16-22(27)28/h5-16H,1-4H2,(H,25,26)(H,27,28). The highest BCUT2D eigenvalue weighted by atomic mass is 16.5. The maximum Gasteiger partial charge on any atom is 0.328 e. The molecule has 2 aromatic carbocycles. The summed E-state index contributed by atoms with van der Waals surface area (Å²) in [6, 6.07) is 12.8. The van der Waals surface area contributed by atoms with E-state index in [0.29, 0.717) is 35.5 Å². The molecule has 0 heterocycles. The number of carboxylic acid groups (broad SMARTS) is 2. The molecule has 0 radical (unpaired) electrons. The van der Waals surface area contributed by atoms with Crippen molar-refractivity contribution in [3.8, 4) is 11.5 Å². The minimum atomic E-state index is -1.05. The fraction of sp³-hybridized carbons (Fsp3) is 0.167. The van der Waals surface area contributed by atoms with Crippen LogP contribution >= 0.6 is 0 Å². The van der Waals surface area contributed by atoms with Crippen LogP contribution in [-0.4, -0.2) is 34.1 Å². The third-order valence-electron chi connectivity index (χ3n) is 4.07. The molecule has 0 fully saturated rings. The van der Waals surface area contributed by atoms with Gasteiger partial charge in [0, 0.05) is 25.0 Å². The molecule has 2 rings (SSSR count). The van der Waals surface area contributed by atoms with Crippen LogP contribution in [0.2, 0.25) is 0 Å². The molecule has 2 aromatic rings. The Morgan fingerprint density at radius 3 is 1.28 bits per heavy atom. The van der Waals surface area contributed by atoms with Gasteiger partial charge >= 0.3 is 23.9 Å². The summed E-state index contributed by atoms with van der Waals surface area (Å²) in [4.78, 5) is 44.8. The third kappa shape index (κ3) is 9.53. The van der Waals surface area contributed by atoms with Gasteiger partial charge in [0.05, 0.1) is 0 Å². The first-order valence-corrected chi connectivity index (χ1v) is 9.75. The Hall–Kier alpha value is -4.20. The number of hydrogen-bond acceptors (Lipinski definition) is 6. The Bertz CT molecular complexity index is 918. The van der Waals surface area contributed by atoms with E-state index in [9.17, 15) is 19.2 Å². The number of ether oxygens (including phenoxy) is 2. The lowest BCUT2D eigenvalue weighted by atomic mass is 10.2. The van der Waals surface area contributed by atoms with Crippen LogP contribution in [0.15, 0.2) is 60.7 Å². The molecule has 0 saturated heterocycles. The van der Waals surface area contributed by atoms with Crippen molar-refractivity contribution in [2.45, 2.75) is 25.7 Å². The lowest BCUT2D eigenvalue weighted by Crippen LogP contribution is -2.10. The lowest BCUT2D eigenvalue weighted by Gasteiger charge is -2.06. The first-order chi connectivity index (χ1) is 15.3. The van der Waals surface area contributed by atoms with Gasteiger partial charge in [-0.25, -0.2) is 9.59 Å². The Morgan fingerprint density at radius 1 is 0.625 bits per heavy atom. The minimum absolute atomic E-state index is 0.137. The van der Waals surface area contributed by atoms with E-state index in [2.05, 4.69) is 0 Å². The van der Waals surface area contributed by atoms with Gasteiger partial charge in [0.25, 0.3) is 0 Å². The maximum absolute atomic E-state index is 11.9. The van der Waals surface area contributed by atoms with E-state index in [1.54, 1.807) is 48.5 Å². The molecular weight excluding hydrogens is 416 g/mol. The van der Waals surface area contributed by atoms with E-state index in [1.165, 1.54) is 12.2 Å². The van der Waals surface area contributed by atoms with Gasteiger partial charge in [-0.15, -0.1) is 0 Å². The minimum Gasteiger partial charge on any atom is -0.478 e. The topological polar surface area (TPSA) is 127 Å². The van der Waals surface area contributed by atoms with E-state index in [4.69, 9.17) is 19.7 Å². The monoisotopic (exact) mass is 438 g/mol. The number of carbonyl (C=O) groups is 4. The van der Waals surface area contributed by atoms with Gasteiger partial charge in [0.2, 0.25) is 0 Å². The predicted octanol–water partition coefficient (Wildman–Crippen LogP) is 3.95. The van der Waals surface area contributed by atoms with Crippen LogP contribution in [0.3, 0.4) is 0 Å². The fourth-order valence-electron chi connectivity index (χ4n) is 2.53. The summed E-state index contributed by atoms with van der Waals surface area (Å²) in [7, 11) is 0. The Labute approximate surface area is 184 Å². The normalized spacial score (nSPS) is 10.9. The smallest absolute Gasteiger partial charge is 0.328 e. The average Bonchev–Trinajstić information content (AvgIpc) is 2.75. The highest BCUT2D eigenvalue weighted by molar-refractivity contribution is 5.85. The number of benzene rings is 2. The zero-order chi connectivity index (χ0) is 23.3. The van der Waals surface area contributed by atoms with E-state index < -0.39 is 23.9 Å². The number of carbonyl (C=O) groups excluding carboxylic acids is 2. The number of rotatable bonds is 11. The number of aliphatic carboxylic acids is 2. The van der Waals surface area contributed by atoms with Gasteiger partial charge in [-0.2, -0.15) is 0 Å². The highest BCUT2D eigenvalue weighted by Gasteiger charge is 2.08. The summed E-state index contributed by atoms with van der Waals surface area (Å²) in [6.45, 7) is 0. The lowest BCUT2D eigenvalue weighted by molar-refractivity contribution is -0.136. The Kier molecular flexibility index (Phi) is 9.39. The van der Waals surface area contributed by atoms with Crippen molar-refractivity contribution in [3.63, 3.8) is 0 Å². The molecule has 0 bridgehead atoms. The van der Waals surface area contributed by atoms with Gasteiger partial charge in [-0.05, 0) is 60.4 Å². The molecule has 0 unspecified atom stereocenters. The molecule has 32 heavy (non-hydrogen) atoms. The van der Waals surface area contributed by atoms with Gasteiger partial charge in [-0.1, -0.05) is 24.3 Å². The molecule has 0 spiro atoms. The molecular formula is C24H22O8. The summed E-state index contributed by atoms with van der Waals surface area (Å²) >= 11 is 0. The zero-order valence-corrected chi connectivity index (χ0v) is 17.1. The number of esters is 2. The van der Waals surface area contributed by atoms with Crippen LogP contribution in [0.25, 0.3) is 12.2 Å². The second-order valence-corrected chi connectivity index (χ2v) is 6.64. The first-order valence-electron chi connectivity index (χ1n) is 9.75. The van der Waals surface area contributed by atoms with E-state index in [-0.39, 0.29) is 12.8 Å². The molecule has 0 amide bonds. The maximum atomic E-state index is 11.9. The van der Waals surface area contributed by atoms with Crippen LogP contribution in [-0.2, 0) is 19.2 Å². The quantitative estimate of drug-likeness (QED) is 0.234. The number of hydrogen-bond donors (Lipinski definition) is 2. The van der Waals surface area contributed by atoms with Crippen molar-refractivity contribution in [2.75, 3.05) is 0 Å². The van der Waals surface area contributed by atoms with E-state index >= 15 is 0 Å².